The van der Waals surface area contributed by atoms with Crippen molar-refractivity contribution < 1.29 is 47.1 Å². The van der Waals surface area contributed by atoms with Gasteiger partial charge >= 0.3 is 6.09 Å². The van der Waals surface area contributed by atoms with E-state index in [1.807, 2.05) is 0 Å². The van der Waals surface area contributed by atoms with Crippen molar-refractivity contribution in [2.45, 2.75) is 135 Å². The lowest BCUT2D eigenvalue weighted by molar-refractivity contribution is -0.144. The molecule has 1 aromatic carbocycles. The summed E-state index contributed by atoms with van der Waals surface area (Å²) in [5.41, 5.74) is -0.366. The molecule has 4 atom stereocenters. The number of carbonyl (C=O) groups excluding carboxylic acids is 7. The van der Waals surface area contributed by atoms with E-state index in [2.05, 4.69) is 35.1 Å². The number of rotatable bonds is 14. The van der Waals surface area contributed by atoms with E-state index in [0.29, 0.717) is 18.4 Å². The molecule has 308 valence electrons. The lowest BCUT2D eigenvalue weighted by Crippen LogP contribution is -2.58. The van der Waals surface area contributed by atoms with Gasteiger partial charge in [0.05, 0.1) is 12.6 Å². The van der Waals surface area contributed by atoms with E-state index in [9.17, 15) is 42.3 Å². The van der Waals surface area contributed by atoms with Crippen LogP contribution in [0.15, 0.2) is 30.3 Å². The van der Waals surface area contributed by atoms with Crippen molar-refractivity contribution >= 4 is 41.4 Å². The standard InChI is InChI=1S/C36H52F2N6O8.C3H8/c1-7-12-24(29(46)31(48)39-21-26(45)41-27(32(49)43(5)6)22-13-9-8-10-14-22)40-30(47)25-15-11-20-44(25)33(50)28(42-34(51)52-35(2,3)4)23-16-18-36(37,38)19-17-23;1-3-2/h8-10,13-14,23-25,27-28H,7,11-12,15-21H2,1-6H3,(H,39,48)(H,40,47)(H,41,45)(H,42,51);3H2,1-2H3/t24?,25?,27-,28?;/m0./s1. The maximum atomic E-state index is 14.0. The first-order valence-electron chi connectivity index (χ1n) is 19.1. The third-order valence-corrected chi connectivity index (χ3v) is 8.98. The van der Waals surface area contributed by atoms with E-state index in [4.69, 9.17) is 4.74 Å². The monoisotopic (exact) mass is 778 g/mol. The molecule has 3 rings (SSSR count). The van der Waals surface area contributed by atoms with E-state index >= 15 is 0 Å². The summed E-state index contributed by atoms with van der Waals surface area (Å²) < 4.78 is 33.4. The zero-order valence-electron chi connectivity index (χ0n) is 33.5. The molecule has 4 N–H and O–H groups in total. The van der Waals surface area contributed by atoms with Gasteiger partial charge in [0.1, 0.15) is 23.7 Å². The average molecular weight is 779 g/mol. The molecular formula is C39H60F2N6O8. The van der Waals surface area contributed by atoms with Crippen molar-refractivity contribution in [1.29, 1.82) is 0 Å². The van der Waals surface area contributed by atoms with Gasteiger partial charge in [-0.1, -0.05) is 63.9 Å². The fraction of sp³-hybridized carbons (Fsp3) is 0.667. The molecule has 1 aliphatic heterocycles. The highest BCUT2D eigenvalue weighted by Crippen LogP contribution is 2.38. The summed E-state index contributed by atoms with van der Waals surface area (Å²) in [7, 11) is 3.07. The van der Waals surface area contributed by atoms with E-state index in [1.165, 1.54) is 30.3 Å². The van der Waals surface area contributed by atoms with Crippen LogP contribution in [0.4, 0.5) is 13.6 Å². The zero-order valence-corrected chi connectivity index (χ0v) is 33.5. The number of halogens is 2. The number of likely N-dealkylation sites (N-methyl/N-ethyl adjacent to an activating group) is 1. The molecule has 16 heteroatoms. The molecule has 1 heterocycles. The zero-order chi connectivity index (χ0) is 41.5. The number of likely N-dealkylation sites (tertiary alicyclic amines) is 1. The van der Waals surface area contributed by atoms with E-state index < -0.39 is 102 Å². The quantitative estimate of drug-likeness (QED) is 0.204. The summed E-state index contributed by atoms with van der Waals surface area (Å²) >= 11 is 0. The van der Waals surface area contributed by atoms with Gasteiger partial charge in [-0.3, -0.25) is 28.8 Å². The fourth-order valence-corrected chi connectivity index (χ4v) is 6.33. The molecule has 0 spiro atoms. The van der Waals surface area contributed by atoms with Gasteiger partial charge in [0.15, 0.2) is 0 Å². The SMILES string of the molecule is CCC.CCCC(NC(=O)C1CCCN1C(=O)C(NC(=O)OC(C)(C)C)C1CCC(F)(F)CC1)C(=O)C(=O)NCC(=O)N[C@H](C(=O)N(C)C)c1ccccc1. The second kappa shape index (κ2) is 21.5. The Balaban J connectivity index is 0.00000337. The molecule has 1 saturated heterocycles. The highest BCUT2D eigenvalue weighted by molar-refractivity contribution is 6.38. The smallest absolute Gasteiger partial charge is 0.408 e. The number of alkyl carbamates (subject to hydrolysis) is 1. The molecule has 1 aliphatic carbocycles. The predicted octanol–water partition coefficient (Wildman–Crippen LogP) is 4.03. The number of nitrogens with one attached hydrogen (secondary N) is 4. The number of ether oxygens (including phenoxy) is 1. The second-order valence-electron chi connectivity index (χ2n) is 15.3. The predicted molar refractivity (Wildman–Crippen MR) is 202 cm³/mol. The Kier molecular flexibility index (Phi) is 18.2. The second-order valence-corrected chi connectivity index (χ2v) is 15.3. The van der Waals surface area contributed by atoms with Crippen molar-refractivity contribution in [3.05, 3.63) is 35.9 Å². The first-order valence-corrected chi connectivity index (χ1v) is 19.1. The number of ketones is 1. The maximum absolute atomic E-state index is 14.0. The van der Waals surface area contributed by atoms with Gasteiger partial charge in [0.2, 0.25) is 35.3 Å². The summed E-state index contributed by atoms with van der Waals surface area (Å²) in [5.74, 6) is -8.07. The van der Waals surface area contributed by atoms with E-state index in [1.54, 1.807) is 58.0 Å². The summed E-state index contributed by atoms with van der Waals surface area (Å²) in [6.07, 6.45) is 0.542. The van der Waals surface area contributed by atoms with Crippen LogP contribution in [0.5, 0.6) is 0 Å². The van der Waals surface area contributed by atoms with Crippen molar-refractivity contribution in [1.82, 2.24) is 31.1 Å². The van der Waals surface area contributed by atoms with Crippen LogP contribution < -0.4 is 21.3 Å². The van der Waals surface area contributed by atoms with Crippen LogP contribution in [-0.4, -0.2) is 108 Å². The highest BCUT2D eigenvalue weighted by Gasteiger charge is 2.45. The molecular weight excluding hydrogens is 718 g/mol. The lowest BCUT2D eigenvalue weighted by atomic mass is 9.81. The van der Waals surface area contributed by atoms with Crippen molar-refractivity contribution in [2.75, 3.05) is 27.2 Å². The minimum atomic E-state index is -2.88. The Morgan fingerprint density at radius 2 is 1.53 bits per heavy atom. The average Bonchev–Trinajstić information content (AvgIpc) is 3.61. The number of alkyl halides is 2. The number of amides is 6. The molecule has 55 heavy (non-hydrogen) atoms. The number of carbonyl (C=O) groups is 7. The first kappa shape index (κ1) is 46.5. The number of hydrogen-bond donors (Lipinski definition) is 4. The summed E-state index contributed by atoms with van der Waals surface area (Å²) in [5, 5.41) is 9.99. The molecule has 2 aliphatic rings. The minimum Gasteiger partial charge on any atom is -0.444 e. The van der Waals surface area contributed by atoms with Crippen LogP contribution in [0.3, 0.4) is 0 Å². The normalized spacial score (nSPS) is 18.3. The van der Waals surface area contributed by atoms with Gasteiger partial charge in [0, 0.05) is 33.5 Å². The number of nitrogens with zero attached hydrogens (tertiary/aromatic N) is 2. The summed E-state index contributed by atoms with van der Waals surface area (Å²) in [4.78, 5) is 94.6. The molecule has 14 nitrogen and oxygen atoms in total. The van der Waals surface area contributed by atoms with Crippen LogP contribution in [0.2, 0.25) is 0 Å². The maximum Gasteiger partial charge on any atom is 0.408 e. The Morgan fingerprint density at radius 1 is 0.927 bits per heavy atom. The summed E-state index contributed by atoms with van der Waals surface area (Å²) in [6.45, 7) is 10.5. The Morgan fingerprint density at radius 3 is 2.07 bits per heavy atom. The fourth-order valence-electron chi connectivity index (χ4n) is 6.33. The molecule has 6 amide bonds. The van der Waals surface area contributed by atoms with Crippen LogP contribution in [0, 0.1) is 5.92 Å². The molecule has 1 saturated carbocycles. The summed E-state index contributed by atoms with van der Waals surface area (Å²) in [6, 6.07) is 3.93. The number of benzene rings is 1. The highest BCUT2D eigenvalue weighted by atomic mass is 19.3. The van der Waals surface area contributed by atoms with E-state index in [-0.39, 0.29) is 32.2 Å². The number of Topliss-reactive ketones (excluding diaryl/α,β-unsaturated/α-hetero) is 1. The van der Waals surface area contributed by atoms with E-state index in [0.717, 1.165) is 0 Å². The van der Waals surface area contributed by atoms with Gasteiger partial charge in [-0.2, -0.15) is 0 Å². The van der Waals surface area contributed by atoms with Crippen LogP contribution in [0.25, 0.3) is 0 Å². The molecule has 0 aromatic heterocycles. The molecule has 0 radical (unpaired) electrons. The van der Waals surface area contributed by atoms with Crippen LogP contribution in [-0.2, 0) is 33.5 Å². The molecule has 0 bridgehead atoms. The van der Waals surface area contributed by atoms with Crippen molar-refractivity contribution in [3.63, 3.8) is 0 Å². The van der Waals surface area contributed by atoms with Gasteiger partial charge in [-0.25, -0.2) is 13.6 Å². The topological polar surface area (TPSA) is 183 Å². The van der Waals surface area contributed by atoms with Gasteiger partial charge < -0.3 is 35.8 Å². The minimum absolute atomic E-state index is 0.0248. The lowest BCUT2D eigenvalue weighted by Gasteiger charge is -2.36. The van der Waals surface area contributed by atoms with Crippen molar-refractivity contribution in [3.8, 4) is 0 Å². The van der Waals surface area contributed by atoms with Crippen molar-refractivity contribution in [2.24, 2.45) is 5.92 Å². The Labute approximate surface area is 323 Å². The Bertz CT molecular complexity index is 1480. The van der Waals surface area contributed by atoms with Gasteiger partial charge in [-0.05, 0) is 64.4 Å². The first-order chi connectivity index (χ1) is 25.7. The molecule has 2 fully saturated rings. The van der Waals surface area contributed by atoms with Crippen LogP contribution >= 0.6 is 0 Å². The number of hydrogen-bond acceptors (Lipinski definition) is 8. The molecule has 3 unspecified atom stereocenters. The largest absolute Gasteiger partial charge is 0.444 e. The van der Waals surface area contributed by atoms with Gasteiger partial charge in [-0.15, -0.1) is 0 Å². The molecule has 1 aromatic rings. The van der Waals surface area contributed by atoms with Gasteiger partial charge in [0.25, 0.3) is 5.91 Å². The third-order valence-electron chi connectivity index (χ3n) is 8.98. The third kappa shape index (κ3) is 14.9. The van der Waals surface area contributed by atoms with Crippen LogP contribution in [0.1, 0.15) is 111 Å². The Hall–Kier alpha value is -4.63.